The Kier molecular flexibility index (Phi) is 6.73. The molecule has 6 heteroatoms. The van der Waals surface area contributed by atoms with E-state index in [1.54, 1.807) is 24.3 Å². The van der Waals surface area contributed by atoms with E-state index >= 15 is 0 Å². The highest BCUT2D eigenvalue weighted by Gasteiger charge is 2.19. The molecule has 0 atom stereocenters. The van der Waals surface area contributed by atoms with Crippen molar-refractivity contribution in [1.82, 2.24) is 5.32 Å². The van der Waals surface area contributed by atoms with Gasteiger partial charge in [-0.25, -0.2) is 0 Å². The molecular weight excluding hydrogens is 282 g/mol. The van der Waals surface area contributed by atoms with Gasteiger partial charge in [-0.1, -0.05) is 12.2 Å². The highest BCUT2D eigenvalue weighted by molar-refractivity contribution is 6.18. The second-order valence-corrected chi connectivity index (χ2v) is 4.03. The first-order valence-electron chi connectivity index (χ1n) is 5.97. The van der Waals surface area contributed by atoms with Gasteiger partial charge in [0.15, 0.2) is 11.5 Å². The summed E-state index contributed by atoms with van der Waals surface area (Å²) in [5, 5.41) is 2.74. The topological polar surface area (TPSA) is 56.8 Å². The summed E-state index contributed by atoms with van der Waals surface area (Å²) < 4.78 is 15.6. The number of alkyl halides is 1. The van der Waals surface area contributed by atoms with E-state index in [2.05, 4.69) is 5.32 Å². The average Bonchev–Trinajstić information content (AvgIpc) is 2.49. The van der Waals surface area contributed by atoms with Crippen LogP contribution in [0.5, 0.6) is 17.2 Å². The fourth-order valence-electron chi connectivity index (χ4n) is 1.67. The number of halogens is 1. The molecule has 0 aliphatic rings. The summed E-state index contributed by atoms with van der Waals surface area (Å²) in [6.45, 7) is 0.392. The van der Waals surface area contributed by atoms with Crippen molar-refractivity contribution >= 4 is 17.5 Å². The average molecular weight is 300 g/mol. The summed E-state index contributed by atoms with van der Waals surface area (Å²) in [5.41, 5.74) is 0.379. The summed E-state index contributed by atoms with van der Waals surface area (Å²) >= 11 is 5.50. The second kappa shape index (κ2) is 8.32. The lowest BCUT2D eigenvalue weighted by atomic mass is 10.1. The number of hydrogen-bond acceptors (Lipinski definition) is 4. The Balaban J connectivity index is 2.99. The van der Waals surface area contributed by atoms with Gasteiger partial charge in [0.05, 0.1) is 26.9 Å². The van der Waals surface area contributed by atoms with Crippen LogP contribution in [0.4, 0.5) is 0 Å². The van der Waals surface area contributed by atoms with Crippen LogP contribution in [0.3, 0.4) is 0 Å². The summed E-state index contributed by atoms with van der Waals surface area (Å²) in [6, 6.07) is 3.28. The molecule has 0 spiro atoms. The van der Waals surface area contributed by atoms with Gasteiger partial charge in [0.2, 0.25) is 5.75 Å². The van der Waals surface area contributed by atoms with E-state index in [4.69, 9.17) is 25.8 Å². The normalized spacial score (nSPS) is 10.4. The van der Waals surface area contributed by atoms with Crippen LogP contribution < -0.4 is 19.5 Å². The Hall–Kier alpha value is -1.88. The third-order valence-corrected chi connectivity index (χ3v) is 2.76. The molecule has 1 amide bonds. The van der Waals surface area contributed by atoms with Crippen LogP contribution in [0.25, 0.3) is 0 Å². The minimum absolute atomic E-state index is 0.262. The van der Waals surface area contributed by atoms with Crippen molar-refractivity contribution in [3.05, 3.63) is 29.8 Å². The van der Waals surface area contributed by atoms with Gasteiger partial charge in [0.25, 0.3) is 5.91 Å². The van der Waals surface area contributed by atoms with Crippen LogP contribution in [-0.2, 0) is 0 Å². The van der Waals surface area contributed by atoms with Crippen molar-refractivity contribution in [1.29, 1.82) is 0 Å². The zero-order chi connectivity index (χ0) is 15.0. The van der Waals surface area contributed by atoms with E-state index in [1.807, 2.05) is 0 Å². The van der Waals surface area contributed by atoms with Crippen molar-refractivity contribution in [2.45, 2.75) is 0 Å². The van der Waals surface area contributed by atoms with Crippen LogP contribution in [-0.4, -0.2) is 39.7 Å². The maximum absolute atomic E-state index is 12.1. The van der Waals surface area contributed by atoms with E-state index in [1.165, 1.54) is 21.3 Å². The monoisotopic (exact) mass is 299 g/mol. The van der Waals surface area contributed by atoms with E-state index in [-0.39, 0.29) is 5.91 Å². The van der Waals surface area contributed by atoms with Gasteiger partial charge in [0, 0.05) is 12.4 Å². The standard InChI is InChI=1S/C14H18ClNO4/c1-18-11-7-6-10(12(19-2)13(11)20-3)14(17)16-9-5-4-8-15/h4-7H,8-9H2,1-3H3,(H,16,17)/b5-4+. The lowest BCUT2D eigenvalue weighted by Gasteiger charge is -2.15. The first-order chi connectivity index (χ1) is 9.69. The van der Waals surface area contributed by atoms with E-state index in [0.29, 0.717) is 35.2 Å². The summed E-state index contributed by atoms with van der Waals surface area (Å²) in [4.78, 5) is 12.1. The lowest BCUT2D eigenvalue weighted by Crippen LogP contribution is -2.24. The van der Waals surface area contributed by atoms with Gasteiger partial charge in [-0.05, 0) is 12.1 Å². The number of carbonyl (C=O) groups is 1. The zero-order valence-corrected chi connectivity index (χ0v) is 12.5. The highest BCUT2D eigenvalue weighted by atomic mass is 35.5. The number of amides is 1. The molecule has 0 aromatic heterocycles. The van der Waals surface area contributed by atoms with Gasteiger partial charge in [0.1, 0.15) is 0 Å². The van der Waals surface area contributed by atoms with Crippen LogP contribution in [0, 0.1) is 0 Å². The molecule has 0 radical (unpaired) electrons. The largest absolute Gasteiger partial charge is 0.493 e. The molecule has 0 heterocycles. The van der Waals surface area contributed by atoms with Crippen molar-refractivity contribution < 1.29 is 19.0 Å². The van der Waals surface area contributed by atoms with Crippen LogP contribution in [0.2, 0.25) is 0 Å². The Labute approximate surface area is 123 Å². The number of hydrogen-bond donors (Lipinski definition) is 1. The Bertz CT molecular complexity index is 488. The first kappa shape index (κ1) is 16.2. The smallest absolute Gasteiger partial charge is 0.255 e. The first-order valence-corrected chi connectivity index (χ1v) is 6.51. The Morgan fingerprint density at radius 2 is 1.85 bits per heavy atom. The van der Waals surface area contributed by atoms with Crippen molar-refractivity contribution in [3.63, 3.8) is 0 Å². The maximum atomic E-state index is 12.1. The third-order valence-electron chi connectivity index (χ3n) is 2.59. The SMILES string of the molecule is COc1ccc(C(=O)NC/C=C/CCl)c(OC)c1OC. The third kappa shape index (κ3) is 3.81. The molecule has 1 aromatic rings. The minimum Gasteiger partial charge on any atom is -0.493 e. The molecule has 0 bridgehead atoms. The van der Waals surface area contributed by atoms with Gasteiger partial charge < -0.3 is 19.5 Å². The Morgan fingerprint density at radius 3 is 2.40 bits per heavy atom. The molecule has 1 N–H and O–H groups in total. The molecule has 110 valence electrons. The number of nitrogens with one attached hydrogen (secondary N) is 1. The molecule has 20 heavy (non-hydrogen) atoms. The predicted molar refractivity (Wildman–Crippen MR) is 78.3 cm³/mol. The van der Waals surface area contributed by atoms with E-state index < -0.39 is 0 Å². The molecule has 0 saturated heterocycles. The van der Waals surface area contributed by atoms with E-state index in [9.17, 15) is 4.79 Å². The predicted octanol–water partition coefficient (Wildman–Crippen LogP) is 2.24. The number of ether oxygens (including phenoxy) is 3. The number of methoxy groups -OCH3 is 3. The maximum Gasteiger partial charge on any atom is 0.255 e. The summed E-state index contributed by atoms with van der Waals surface area (Å²) in [7, 11) is 4.49. The van der Waals surface area contributed by atoms with E-state index in [0.717, 1.165) is 0 Å². The quantitative estimate of drug-likeness (QED) is 0.620. The zero-order valence-electron chi connectivity index (χ0n) is 11.7. The minimum atomic E-state index is -0.262. The molecular formula is C14H18ClNO4. The number of carbonyl (C=O) groups excluding carboxylic acids is 1. The summed E-state index contributed by atoms with van der Waals surface area (Å²) in [5.74, 6) is 1.38. The fourth-order valence-corrected chi connectivity index (χ4v) is 1.80. The van der Waals surface area contributed by atoms with Gasteiger partial charge >= 0.3 is 0 Å². The van der Waals surface area contributed by atoms with Crippen molar-refractivity contribution in [2.75, 3.05) is 33.8 Å². The number of rotatable bonds is 7. The molecule has 0 fully saturated rings. The fraction of sp³-hybridized carbons (Fsp3) is 0.357. The Morgan fingerprint density at radius 1 is 1.15 bits per heavy atom. The molecule has 0 saturated carbocycles. The van der Waals surface area contributed by atoms with Crippen LogP contribution in [0.15, 0.2) is 24.3 Å². The molecule has 1 aromatic carbocycles. The second-order valence-electron chi connectivity index (χ2n) is 3.72. The van der Waals surface area contributed by atoms with Gasteiger partial charge in [-0.15, -0.1) is 11.6 Å². The van der Waals surface area contributed by atoms with Crippen LogP contribution >= 0.6 is 11.6 Å². The molecule has 5 nitrogen and oxygen atoms in total. The lowest BCUT2D eigenvalue weighted by molar-refractivity contribution is 0.0954. The summed E-state index contributed by atoms with van der Waals surface area (Å²) in [6.07, 6.45) is 3.53. The highest BCUT2D eigenvalue weighted by Crippen LogP contribution is 2.39. The van der Waals surface area contributed by atoms with Gasteiger partial charge in [-0.2, -0.15) is 0 Å². The number of allylic oxidation sites excluding steroid dienone is 1. The van der Waals surface area contributed by atoms with Gasteiger partial charge in [-0.3, -0.25) is 4.79 Å². The molecule has 0 aliphatic carbocycles. The molecule has 0 aliphatic heterocycles. The molecule has 0 unspecified atom stereocenters. The van der Waals surface area contributed by atoms with Crippen LogP contribution in [0.1, 0.15) is 10.4 Å². The molecule has 1 rings (SSSR count). The van der Waals surface area contributed by atoms with Crippen molar-refractivity contribution in [3.8, 4) is 17.2 Å². The van der Waals surface area contributed by atoms with Crippen molar-refractivity contribution in [2.24, 2.45) is 0 Å². The number of benzene rings is 1.